The Bertz CT molecular complexity index is 361. The molecule has 3 N–H and O–H groups in total. The van der Waals surface area contributed by atoms with Crippen LogP contribution in [0.3, 0.4) is 0 Å². The average Bonchev–Trinajstić information content (AvgIpc) is 2.77. The van der Waals surface area contributed by atoms with Crippen molar-refractivity contribution < 1.29 is 14.7 Å². The number of carbonyl (C=O) groups is 2. The van der Waals surface area contributed by atoms with Gasteiger partial charge in [-0.05, 0) is 5.92 Å². The van der Waals surface area contributed by atoms with E-state index in [1.165, 1.54) is 12.5 Å². The molecule has 0 saturated heterocycles. The molecule has 88 valence electrons. The van der Waals surface area contributed by atoms with Gasteiger partial charge in [0, 0.05) is 0 Å². The minimum atomic E-state index is -1.03. The molecule has 0 aliphatic carbocycles. The monoisotopic (exact) mass is 225 g/mol. The van der Waals surface area contributed by atoms with E-state index in [2.05, 4.69) is 15.3 Å². The average molecular weight is 225 g/mol. The van der Waals surface area contributed by atoms with E-state index < -0.39 is 17.9 Å². The minimum absolute atomic E-state index is 0.121. The fourth-order valence-electron chi connectivity index (χ4n) is 1.28. The number of hydrogen-bond donors (Lipinski definition) is 3. The smallest absolute Gasteiger partial charge is 0.326 e. The molecule has 1 amide bonds. The third-order valence-corrected chi connectivity index (χ3v) is 2.51. The van der Waals surface area contributed by atoms with Gasteiger partial charge in [-0.3, -0.25) is 4.79 Å². The number of aromatic nitrogens is 2. The van der Waals surface area contributed by atoms with Crippen molar-refractivity contribution >= 4 is 11.9 Å². The van der Waals surface area contributed by atoms with Crippen molar-refractivity contribution in [3.8, 4) is 0 Å². The predicted molar refractivity (Wildman–Crippen MR) is 56.9 cm³/mol. The first-order chi connectivity index (χ1) is 7.56. The van der Waals surface area contributed by atoms with Crippen LogP contribution in [0.4, 0.5) is 0 Å². The highest BCUT2D eigenvalue weighted by atomic mass is 16.4. The molecular formula is C10H15N3O3. The van der Waals surface area contributed by atoms with Crippen molar-refractivity contribution in [2.24, 2.45) is 5.92 Å². The highest BCUT2D eigenvalue weighted by Gasteiger charge is 2.25. The summed E-state index contributed by atoms with van der Waals surface area (Å²) in [5, 5.41) is 11.4. The molecule has 1 heterocycles. The van der Waals surface area contributed by atoms with Crippen LogP contribution in [0.5, 0.6) is 0 Å². The molecule has 6 heteroatoms. The molecule has 1 aromatic rings. The molecule has 0 spiro atoms. The lowest BCUT2D eigenvalue weighted by molar-refractivity contribution is -0.140. The number of carbonyl (C=O) groups excluding carboxylic acids is 1. The van der Waals surface area contributed by atoms with Gasteiger partial charge in [0.1, 0.15) is 11.7 Å². The van der Waals surface area contributed by atoms with Crippen molar-refractivity contribution in [2.45, 2.75) is 26.3 Å². The number of carboxylic acids is 1. The SMILES string of the molecule is CCC(C)C(NC(=O)c1cnc[nH]1)C(=O)O. The summed E-state index contributed by atoms with van der Waals surface area (Å²) in [6, 6.07) is -0.874. The van der Waals surface area contributed by atoms with Crippen molar-refractivity contribution in [2.75, 3.05) is 0 Å². The summed E-state index contributed by atoms with van der Waals surface area (Å²) in [6.07, 6.45) is 3.40. The molecule has 0 bridgehead atoms. The largest absolute Gasteiger partial charge is 0.480 e. The number of H-pyrrole nitrogens is 1. The number of aromatic amines is 1. The van der Waals surface area contributed by atoms with Gasteiger partial charge < -0.3 is 15.4 Å². The first kappa shape index (κ1) is 12.2. The van der Waals surface area contributed by atoms with Gasteiger partial charge >= 0.3 is 5.97 Å². The standard InChI is InChI=1S/C10H15N3O3/c1-3-6(2)8(10(15)16)13-9(14)7-4-11-5-12-7/h4-6,8H,3H2,1-2H3,(H,11,12)(H,13,14)(H,15,16). The van der Waals surface area contributed by atoms with Crippen molar-refractivity contribution in [3.63, 3.8) is 0 Å². The molecule has 1 rings (SSSR count). The second-order valence-electron chi connectivity index (χ2n) is 3.64. The quantitative estimate of drug-likeness (QED) is 0.685. The summed E-state index contributed by atoms with van der Waals surface area (Å²) in [5.74, 6) is -1.60. The number of rotatable bonds is 5. The number of nitrogens with zero attached hydrogens (tertiary/aromatic N) is 1. The Morgan fingerprint density at radius 1 is 1.62 bits per heavy atom. The van der Waals surface area contributed by atoms with E-state index in [1.807, 2.05) is 6.92 Å². The first-order valence-corrected chi connectivity index (χ1v) is 5.08. The molecule has 0 radical (unpaired) electrons. The van der Waals surface area contributed by atoms with Crippen LogP contribution in [0.15, 0.2) is 12.5 Å². The predicted octanol–water partition coefficient (Wildman–Crippen LogP) is 0.639. The van der Waals surface area contributed by atoms with Crippen molar-refractivity contribution in [1.82, 2.24) is 15.3 Å². The molecule has 0 aliphatic rings. The third kappa shape index (κ3) is 2.82. The van der Waals surface area contributed by atoms with E-state index >= 15 is 0 Å². The summed E-state index contributed by atoms with van der Waals surface area (Å²) < 4.78 is 0. The van der Waals surface area contributed by atoms with E-state index in [-0.39, 0.29) is 11.6 Å². The summed E-state index contributed by atoms with van der Waals surface area (Å²) in [7, 11) is 0. The number of imidazole rings is 1. The lowest BCUT2D eigenvalue weighted by atomic mass is 9.99. The van der Waals surface area contributed by atoms with Gasteiger partial charge in [-0.1, -0.05) is 20.3 Å². The van der Waals surface area contributed by atoms with Crippen LogP contribution in [-0.2, 0) is 4.79 Å². The van der Waals surface area contributed by atoms with E-state index in [0.717, 1.165) is 0 Å². The Kier molecular flexibility index (Phi) is 4.04. The van der Waals surface area contributed by atoms with Crippen LogP contribution in [0.1, 0.15) is 30.8 Å². The molecule has 0 aliphatic heterocycles. The zero-order chi connectivity index (χ0) is 12.1. The lowest BCUT2D eigenvalue weighted by Crippen LogP contribution is -2.45. The van der Waals surface area contributed by atoms with Crippen LogP contribution in [0.25, 0.3) is 0 Å². The number of nitrogens with one attached hydrogen (secondary N) is 2. The Balaban J connectivity index is 2.69. The van der Waals surface area contributed by atoms with E-state index in [1.54, 1.807) is 6.92 Å². The lowest BCUT2D eigenvalue weighted by Gasteiger charge is -2.19. The van der Waals surface area contributed by atoms with Gasteiger partial charge in [0.15, 0.2) is 0 Å². The second kappa shape index (κ2) is 5.29. The summed E-state index contributed by atoms with van der Waals surface area (Å²) in [4.78, 5) is 28.9. The van der Waals surface area contributed by atoms with Gasteiger partial charge in [0.2, 0.25) is 0 Å². The van der Waals surface area contributed by atoms with E-state index in [9.17, 15) is 9.59 Å². The van der Waals surface area contributed by atoms with Gasteiger partial charge in [0.05, 0.1) is 12.5 Å². The van der Waals surface area contributed by atoms with Gasteiger partial charge in [-0.2, -0.15) is 0 Å². The Morgan fingerprint density at radius 2 is 2.31 bits per heavy atom. The molecule has 0 fully saturated rings. The van der Waals surface area contributed by atoms with E-state index in [0.29, 0.717) is 6.42 Å². The number of carboxylic acid groups (broad SMARTS) is 1. The molecule has 0 aromatic carbocycles. The Hall–Kier alpha value is -1.85. The highest BCUT2D eigenvalue weighted by molar-refractivity contribution is 5.94. The van der Waals surface area contributed by atoms with Crippen molar-refractivity contribution in [3.05, 3.63) is 18.2 Å². The summed E-state index contributed by atoms with van der Waals surface area (Å²) in [5.41, 5.74) is 0.259. The van der Waals surface area contributed by atoms with E-state index in [4.69, 9.17) is 5.11 Å². The molecule has 16 heavy (non-hydrogen) atoms. The normalized spacial score (nSPS) is 14.1. The molecule has 2 unspecified atom stereocenters. The maximum atomic E-state index is 11.6. The maximum Gasteiger partial charge on any atom is 0.326 e. The van der Waals surface area contributed by atoms with Crippen molar-refractivity contribution in [1.29, 1.82) is 0 Å². The Labute approximate surface area is 93.1 Å². The fourth-order valence-corrected chi connectivity index (χ4v) is 1.28. The van der Waals surface area contributed by atoms with Crippen LogP contribution < -0.4 is 5.32 Å². The van der Waals surface area contributed by atoms with Gasteiger partial charge in [-0.15, -0.1) is 0 Å². The molecule has 0 saturated carbocycles. The van der Waals surface area contributed by atoms with Crippen LogP contribution in [0, 0.1) is 5.92 Å². The number of amides is 1. The third-order valence-electron chi connectivity index (χ3n) is 2.51. The van der Waals surface area contributed by atoms with Crippen LogP contribution in [-0.4, -0.2) is 33.0 Å². The zero-order valence-corrected chi connectivity index (χ0v) is 9.23. The summed E-state index contributed by atoms with van der Waals surface area (Å²) >= 11 is 0. The number of aliphatic carboxylic acids is 1. The number of hydrogen-bond acceptors (Lipinski definition) is 3. The first-order valence-electron chi connectivity index (χ1n) is 5.08. The zero-order valence-electron chi connectivity index (χ0n) is 9.23. The van der Waals surface area contributed by atoms with Crippen LogP contribution >= 0.6 is 0 Å². The fraction of sp³-hybridized carbons (Fsp3) is 0.500. The molecule has 6 nitrogen and oxygen atoms in total. The van der Waals surface area contributed by atoms with Gasteiger partial charge in [0.25, 0.3) is 5.91 Å². The topological polar surface area (TPSA) is 95.1 Å². The molecule has 1 aromatic heterocycles. The van der Waals surface area contributed by atoms with Crippen LogP contribution in [0.2, 0.25) is 0 Å². The Morgan fingerprint density at radius 3 is 2.75 bits per heavy atom. The maximum absolute atomic E-state index is 11.6. The molecular weight excluding hydrogens is 210 g/mol. The minimum Gasteiger partial charge on any atom is -0.480 e. The highest BCUT2D eigenvalue weighted by Crippen LogP contribution is 2.08. The second-order valence-corrected chi connectivity index (χ2v) is 3.64. The molecule has 2 atom stereocenters. The summed E-state index contributed by atoms with van der Waals surface area (Å²) in [6.45, 7) is 3.66. The van der Waals surface area contributed by atoms with Gasteiger partial charge in [-0.25, -0.2) is 9.78 Å².